The third-order valence-corrected chi connectivity index (χ3v) is 8.69. The maximum atomic E-state index is 12.9. The molecule has 41 heavy (non-hydrogen) atoms. The Morgan fingerprint density at radius 3 is 2.49 bits per heavy atom. The predicted molar refractivity (Wildman–Crippen MR) is 167 cm³/mol. The van der Waals surface area contributed by atoms with Gasteiger partial charge in [0.25, 0.3) is 0 Å². The van der Waals surface area contributed by atoms with E-state index in [9.17, 15) is 4.79 Å². The summed E-state index contributed by atoms with van der Waals surface area (Å²) >= 11 is 6.42. The fourth-order valence-electron chi connectivity index (χ4n) is 6.42. The SMILES string of the molecule is Cc1cccc(C)c1N1CCN(CC(=O)NC2CCC(Nc3cc(-c4c[nH]c5ncccc45)cc(Cl)n3)CC2)CC1. The molecule has 0 bridgehead atoms. The number of piperazine rings is 1. The molecule has 0 spiro atoms. The van der Waals surface area contributed by atoms with Crippen LogP contribution in [0.25, 0.3) is 22.2 Å². The van der Waals surface area contributed by atoms with Gasteiger partial charge in [-0.05, 0) is 80.5 Å². The number of anilines is 2. The van der Waals surface area contributed by atoms with Gasteiger partial charge in [-0.1, -0.05) is 29.8 Å². The Kier molecular flexibility index (Phi) is 8.12. The van der Waals surface area contributed by atoms with Crippen LogP contribution in [0.2, 0.25) is 5.15 Å². The Labute approximate surface area is 246 Å². The molecule has 2 aliphatic rings. The Bertz CT molecular complexity index is 1500. The van der Waals surface area contributed by atoms with Crippen molar-refractivity contribution in [1.29, 1.82) is 0 Å². The minimum absolute atomic E-state index is 0.135. The summed E-state index contributed by atoms with van der Waals surface area (Å²) in [6.07, 6.45) is 7.59. The van der Waals surface area contributed by atoms with Gasteiger partial charge in [-0.3, -0.25) is 9.69 Å². The minimum Gasteiger partial charge on any atom is -0.369 e. The average Bonchev–Trinajstić information content (AvgIpc) is 3.39. The third kappa shape index (κ3) is 6.34. The lowest BCUT2D eigenvalue weighted by atomic mass is 9.91. The molecule has 8 nitrogen and oxygen atoms in total. The monoisotopic (exact) mass is 571 g/mol. The molecule has 1 saturated heterocycles. The van der Waals surface area contributed by atoms with E-state index in [1.165, 1.54) is 16.8 Å². The first-order chi connectivity index (χ1) is 19.9. The van der Waals surface area contributed by atoms with Crippen LogP contribution < -0.4 is 15.5 Å². The molecule has 0 atom stereocenters. The predicted octanol–water partition coefficient (Wildman–Crippen LogP) is 5.56. The van der Waals surface area contributed by atoms with Gasteiger partial charge in [0.1, 0.15) is 16.6 Å². The number of aromatic amines is 1. The molecule has 6 rings (SSSR count). The van der Waals surface area contributed by atoms with Gasteiger partial charge in [0.05, 0.1) is 6.54 Å². The molecule has 1 aliphatic heterocycles. The molecular weight excluding hydrogens is 534 g/mol. The summed E-state index contributed by atoms with van der Waals surface area (Å²) in [4.78, 5) is 29.8. The number of hydrogen-bond donors (Lipinski definition) is 3. The molecule has 1 amide bonds. The van der Waals surface area contributed by atoms with E-state index in [4.69, 9.17) is 11.6 Å². The molecule has 3 aromatic heterocycles. The Hall–Kier alpha value is -3.62. The van der Waals surface area contributed by atoms with Crippen LogP contribution in [0.1, 0.15) is 36.8 Å². The smallest absolute Gasteiger partial charge is 0.234 e. The van der Waals surface area contributed by atoms with Crippen LogP contribution in [0, 0.1) is 13.8 Å². The lowest BCUT2D eigenvalue weighted by molar-refractivity contribution is -0.123. The summed E-state index contributed by atoms with van der Waals surface area (Å²) in [5.41, 5.74) is 6.90. The second-order valence-corrected chi connectivity index (χ2v) is 11.8. The van der Waals surface area contributed by atoms with Crippen LogP contribution in [0.4, 0.5) is 11.5 Å². The highest BCUT2D eigenvalue weighted by molar-refractivity contribution is 6.29. The van der Waals surface area contributed by atoms with Crippen molar-refractivity contribution in [3.63, 3.8) is 0 Å². The van der Waals surface area contributed by atoms with Crippen molar-refractivity contribution in [2.45, 2.75) is 51.6 Å². The number of H-pyrrole nitrogens is 1. The highest BCUT2D eigenvalue weighted by Crippen LogP contribution is 2.32. The molecule has 1 aromatic carbocycles. The Morgan fingerprint density at radius 1 is 1.00 bits per heavy atom. The van der Waals surface area contributed by atoms with Crippen LogP contribution in [0.5, 0.6) is 0 Å². The average molecular weight is 572 g/mol. The van der Waals surface area contributed by atoms with Crippen LogP contribution in [-0.4, -0.2) is 70.6 Å². The summed E-state index contributed by atoms with van der Waals surface area (Å²) in [6, 6.07) is 14.9. The zero-order chi connectivity index (χ0) is 28.3. The molecule has 4 aromatic rings. The van der Waals surface area contributed by atoms with Crippen LogP contribution in [0.3, 0.4) is 0 Å². The number of benzene rings is 1. The van der Waals surface area contributed by atoms with E-state index in [-0.39, 0.29) is 11.9 Å². The molecule has 1 aliphatic carbocycles. The highest BCUT2D eigenvalue weighted by atomic mass is 35.5. The number of halogens is 1. The standard InChI is InChI=1S/C32H38ClN7O/c1-21-5-3-6-22(2)31(21)40-15-13-39(14-16-40)20-30(41)37-25-10-8-24(9-11-25)36-29-18-23(17-28(33)38-29)27-19-35-32-26(27)7-4-12-34-32/h3-7,12,17-19,24-25H,8-11,13-16,20H2,1-2H3,(H,34,35)(H,36,38)(H,37,41). The summed E-state index contributed by atoms with van der Waals surface area (Å²) < 4.78 is 0. The molecule has 4 heterocycles. The quantitative estimate of drug-likeness (QED) is 0.252. The zero-order valence-corrected chi connectivity index (χ0v) is 24.5. The topological polar surface area (TPSA) is 89.2 Å². The van der Waals surface area contributed by atoms with Crippen molar-refractivity contribution in [3.8, 4) is 11.1 Å². The zero-order valence-electron chi connectivity index (χ0n) is 23.8. The first kappa shape index (κ1) is 27.5. The van der Waals surface area contributed by atoms with E-state index < -0.39 is 0 Å². The van der Waals surface area contributed by atoms with Crippen molar-refractivity contribution in [2.75, 3.05) is 42.9 Å². The number of fused-ring (bicyclic) bond motifs is 1. The fraction of sp³-hybridized carbons (Fsp3) is 0.406. The number of pyridine rings is 2. The van der Waals surface area contributed by atoms with E-state index in [1.807, 2.05) is 18.3 Å². The van der Waals surface area contributed by atoms with Crippen molar-refractivity contribution in [1.82, 2.24) is 25.2 Å². The minimum atomic E-state index is 0.135. The third-order valence-electron chi connectivity index (χ3n) is 8.50. The van der Waals surface area contributed by atoms with Gasteiger partial charge in [0, 0.05) is 67.3 Å². The van der Waals surface area contributed by atoms with Gasteiger partial charge in [-0.2, -0.15) is 0 Å². The number of rotatable bonds is 7. The van der Waals surface area contributed by atoms with Gasteiger partial charge in [0.15, 0.2) is 0 Å². The lowest BCUT2D eigenvalue weighted by Gasteiger charge is -2.37. The van der Waals surface area contributed by atoms with Gasteiger partial charge in [-0.15, -0.1) is 0 Å². The van der Waals surface area contributed by atoms with Crippen molar-refractivity contribution in [2.24, 2.45) is 0 Å². The second kappa shape index (κ2) is 12.1. The number of aromatic nitrogens is 3. The number of amides is 1. The van der Waals surface area contributed by atoms with Crippen molar-refractivity contribution >= 4 is 40.0 Å². The fourth-order valence-corrected chi connectivity index (χ4v) is 6.63. The largest absolute Gasteiger partial charge is 0.369 e. The normalized spacial score (nSPS) is 19.8. The van der Waals surface area contributed by atoms with Crippen LogP contribution >= 0.6 is 11.6 Å². The summed E-state index contributed by atoms with van der Waals surface area (Å²) in [7, 11) is 0. The lowest BCUT2D eigenvalue weighted by Crippen LogP contribution is -2.51. The molecule has 3 N–H and O–H groups in total. The molecule has 9 heteroatoms. The van der Waals surface area contributed by atoms with E-state index in [1.54, 1.807) is 6.20 Å². The van der Waals surface area contributed by atoms with E-state index >= 15 is 0 Å². The van der Waals surface area contributed by atoms with E-state index in [2.05, 4.69) is 79.6 Å². The van der Waals surface area contributed by atoms with Gasteiger partial charge < -0.3 is 20.5 Å². The first-order valence-corrected chi connectivity index (χ1v) is 15.0. The molecular formula is C32H38ClN7O. The molecule has 0 unspecified atom stereocenters. The number of nitrogens with zero attached hydrogens (tertiary/aromatic N) is 4. The summed E-state index contributed by atoms with van der Waals surface area (Å²) in [5, 5.41) is 8.40. The summed E-state index contributed by atoms with van der Waals surface area (Å²) in [5.74, 6) is 0.912. The highest BCUT2D eigenvalue weighted by Gasteiger charge is 2.25. The Morgan fingerprint density at radius 2 is 1.73 bits per heavy atom. The van der Waals surface area contributed by atoms with Crippen molar-refractivity contribution < 1.29 is 4.79 Å². The van der Waals surface area contributed by atoms with Crippen molar-refractivity contribution in [3.05, 3.63) is 71.1 Å². The maximum absolute atomic E-state index is 12.9. The van der Waals surface area contributed by atoms with Crippen LogP contribution in [-0.2, 0) is 4.79 Å². The van der Waals surface area contributed by atoms with Gasteiger partial charge in [-0.25, -0.2) is 9.97 Å². The number of aryl methyl sites for hydroxylation is 2. The maximum Gasteiger partial charge on any atom is 0.234 e. The number of hydrogen-bond acceptors (Lipinski definition) is 6. The van der Waals surface area contributed by atoms with E-state index in [0.29, 0.717) is 17.7 Å². The van der Waals surface area contributed by atoms with Gasteiger partial charge >= 0.3 is 0 Å². The number of para-hydroxylation sites is 1. The van der Waals surface area contributed by atoms with E-state index in [0.717, 1.165) is 79.8 Å². The molecule has 0 radical (unpaired) electrons. The van der Waals surface area contributed by atoms with Gasteiger partial charge in [0.2, 0.25) is 5.91 Å². The number of nitrogens with one attached hydrogen (secondary N) is 3. The molecule has 1 saturated carbocycles. The Balaban J connectivity index is 0.973. The second-order valence-electron chi connectivity index (χ2n) is 11.4. The molecule has 214 valence electrons. The number of carbonyl (C=O) groups excluding carboxylic acids is 1. The number of carbonyl (C=O) groups is 1. The molecule has 2 fully saturated rings. The first-order valence-electron chi connectivity index (χ1n) is 14.6. The van der Waals surface area contributed by atoms with Crippen LogP contribution in [0.15, 0.2) is 54.9 Å². The summed E-state index contributed by atoms with van der Waals surface area (Å²) in [6.45, 7) is 8.54.